The van der Waals surface area contributed by atoms with E-state index in [9.17, 15) is 23.4 Å². The second kappa shape index (κ2) is 9.64. The molecule has 0 aromatic heterocycles. The predicted molar refractivity (Wildman–Crippen MR) is 130 cm³/mol. The molecule has 0 saturated heterocycles. The Kier molecular flexibility index (Phi) is 7.47. The highest BCUT2D eigenvalue weighted by molar-refractivity contribution is 7.85. The van der Waals surface area contributed by atoms with Gasteiger partial charge in [0.1, 0.15) is 0 Å². The van der Waals surface area contributed by atoms with Gasteiger partial charge in [0, 0.05) is 13.0 Å². The largest absolute Gasteiger partial charge is 0.393 e. The molecule has 4 saturated carbocycles. The Balaban J connectivity index is 1.39. The minimum absolute atomic E-state index is 0.0625. The van der Waals surface area contributed by atoms with Crippen LogP contribution < -0.4 is 5.32 Å². The molecule has 196 valence electrons. The number of nitrogens with one attached hydrogen (secondary N) is 1. The van der Waals surface area contributed by atoms with Crippen molar-refractivity contribution in [3.63, 3.8) is 0 Å². The zero-order valence-corrected chi connectivity index (χ0v) is 21.9. The van der Waals surface area contributed by atoms with Gasteiger partial charge in [-0.3, -0.25) is 9.35 Å². The normalized spacial score (nSPS) is 45.1. The fraction of sp³-hybridized carbons (Fsp3) is 0.962. The summed E-state index contributed by atoms with van der Waals surface area (Å²) < 4.78 is 30.5. The number of aliphatic hydroxyl groups is 2. The summed E-state index contributed by atoms with van der Waals surface area (Å²) >= 11 is 0. The molecular formula is C26H45NO6S. The molecule has 4 fully saturated rings. The average molecular weight is 500 g/mol. The maximum absolute atomic E-state index is 12.2. The quantitative estimate of drug-likeness (QED) is 0.398. The fourth-order valence-corrected chi connectivity index (χ4v) is 9.50. The van der Waals surface area contributed by atoms with E-state index in [0.717, 1.165) is 51.4 Å². The number of amides is 1. The maximum Gasteiger partial charge on any atom is 0.266 e. The molecule has 1 amide bonds. The van der Waals surface area contributed by atoms with E-state index in [1.54, 1.807) is 0 Å². The van der Waals surface area contributed by atoms with E-state index in [4.69, 9.17) is 4.55 Å². The average Bonchev–Trinajstić information content (AvgIpc) is 3.09. The van der Waals surface area contributed by atoms with Gasteiger partial charge in [0.05, 0.1) is 18.0 Å². The maximum atomic E-state index is 12.2. The molecule has 7 nitrogen and oxygen atoms in total. The van der Waals surface area contributed by atoms with Gasteiger partial charge >= 0.3 is 0 Å². The molecule has 0 heterocycles. The van der Waals surface area contributed by atoms with Gasteiger partial charge < -0.3 is 15.5 Å². The van der Waals surface area contributed by atoms with E-state index in [1.165, 1.54) is 6.42 Å². The SMILES string of the molecule is C[C@H](CCC(=O)NCCS(=O)(=O)O)[C@H]1CC[C@@H]2[C@@H]3[C@@H](CC[C@@]21C)[C@@]1(C)CC[C@@H](O)C[C@@H]1C[C@@H]3O. The monoisotopic (exact) mass is 499 g/mol. The van der Waals surface area contributed by atoms with Crippen molar-refractivity contribution >= 4 is 16.0 Å². The van der Waals surface area contributed by atoms with Crippen molar-refractivity contribution in [2.24, 2.45) is 46.3 Å². The second-order valence-corrected chi connectivity index (χ2v) is 14.2. The molecule has 0 unspecified atom stereocenters. The molecule has 4 rings (SSSR count). The van der Waals surface area contributed by atoms with Crippen LogP contribution in [-0.4, -0.2) is 53.6 Å². The second-order valence-electron chi connectivity index (χ2n) is 12.6. The summed E-state index contributed by atoms with van der Waals surface area (Å²) in [6.07, 6.45) is 8.87. The number of hydrogen-bond donors (Lipinski definition) is 4. The fourth-order valence-electron chi connectivity index (χ4n) is 9.14. The van der Waals surface area contributed by atoms with Gasteiger partial charge in [-0.15, -0.1) is 0 Å². The molecule has 4 aliphatic carbocycles. The van der Waals surface area contributed by atoms with Crippen LogP contribution in [-0.2, 0) is 14.9 Å². The number of fused-ring (bicyclic) bond motifs is 5. The van der Waals surface area contributed by atoms with Crippen LogP contribution in [0.15, 0.2) is 0 Å². The lowest BCUT2D eigenvalue weighted by atomic mass is 9.43. The molecule has 10 atom stereocenters. The van der Waals surface area contributed by atoms with Gasteiger partial charge in [0.15, 0.2) is 0 Å². The summed E-state index contributed by atoms with van der Waals surface area (Å²) in [5.41, 5.74) is 0.411. The smallest absolute Gasteiger partial charge is 0.266 e. The molecule has 4 aliphatic rings. The third kappa shape index (κ3) is 4.94. The molecule has 0 radical (unpaired) electrons. The van der Waals surface area contributed by atoms with E-state index >= 15 is 0 Å². The molecule has 0 aromatic rings. The van der Waals surface area contributed by atoms with E-state index in [-0.39, 0.29) is 35.5 Å². The van der Waals surface area contributed by atoms with E-state index in [2.05, 4.69) is 26.1 Å². The van der Waals surface area contributed by atoms with E-state index in [1.807, 2.05) is 0 Å². The molecule has 0 aliphatic heterocycles. The summed E-state index contributed by atoms with van der Waals surface area (Å²) in [7, 11) is -4.06. The predicted octanol–water partition coefficient (Wildman–Crippen LogP) is 3.40. The van der Waals surface area contributed by atoms with Crippen LogP contribution in [0, 0.1) is 46.3 Å². The van der Waals surface area contributed by atoms with Crippen molar-refractivity contribution in [2.45, 2.75) is 97.2 Å². The van der Waals surface area contributed by atoms with Crippen molar-refractivity contribution in [1.82, 2.24) is 5.32 Å². The summed E-state index contributed by atoms with van der Waals surface area (Å²) in [5, 5.41) is 24.2. The first-order valence-corrected chi connectivity index (χ1v) is 15.0. The Morgan fingerprint density at radius 3 is 2.41 bits per heavy atom. The lowest BCUT2D eigenvalue weighted by Crippen LogP contribution is -2.58. The molecule has 4 N–H and O–H groups in total. The lowest BCUT2D eigenvalue weighted by Gasteiger charge is -2.62. The Labute approximate surface area is 205 Å². The van der Waals surface area contributed by atoms with E-state index < -0.39 is 15.9 Å². The van der Waals surface area contributed by atoms with Crippen LogP contribution in [0.25, 0.3) is 0 Å². The zero-order chi connectivity index (χ0) is 24.9. The Morgan fingerprint density at radius 1 is 1.03 bits per heavy atom. The highest BCUT2D eigenvalue weighted by Crippen LogP contribution is 2.68. The highest BCUT2D eigenvalue weighted by atomic mass is 32.2. The minimum atomic E-state index is -4.06. The third-order valence-electron chi connectivity index (χ3n) is 10.9. The van der Waals surface area contributed by atoms with Crippen molar-refractivity contribution in [2.75, 3.05) is 12.3 Å². The number of aliphatic hydroxyl groups excluding tert-OH is 2. The Hall–Kier alpha value is -0.700. The van der Waals surface area contributed by atoms with Crippen LogP contribution in [0.5, 0.6) is 0 Å². The van der Waals surface area contributed by atoms with Crippen molar-refractivity contribution in [3.05, 3.63) is 0 Å². The minimum Gasteiger partial charge on any atom is -0.393 e. The van der Waals surface area contributed by atoms with Gasteiger partial charge in [-0.25, -0.2) is 0 Å². The Morgan fingerprint density at radius 2 is 1.71 bits per heavy atom. The lowest BCUT2D eigenvalue weighted by molar-refractivity contribution is -0.174. The van der Waals surface area contributed by atoms with Crippen molar-refractivity contribution in [1.29, 1.82) is 0 Å². The summed E-state index contributed by atoms with van der Waals surface area (Å²) in [5.74, 6) is 2.10. The first-order valence-electron chi connectivity index (χ1n) is 13.4. The van der Waals surface area contributed by atoms with Gasteiger partial charge in [-0.1, -0.05) is 20.8 Å². The molecule has 0 bridgehead atoms. The van der Waals surface area contributed by atoms with Crippen LogP contribution in [0.3, 0.4) is 0 Å². The molecule has 8 heteroatoms. The highest BCUT2D eigenvalue weighted by Gasteiger charge is 2.62. The number of hydrogen-bond acceptors (Lipinski definition) is 5. The molecule has 0 aromatic carbocycles. The van der Waals surface area contributed by atoms with Gasteiger partial charge in [-0.2, -0.15) is 8.42 Å². The first-order chi connectivity index (χ1) is 15.8. The number of carbonyl (C=O) groups is 1. The van der Waals surface area contributed by atoms with E-state index in [0.29, 0.717) is 41.9 Å². The molecular weight excluding hydrogens is 454 g/mol. The topological polar surface area (TPSA) is 124 Å². The van der Waals surface area contributed by atoms with Crippen molar-refractivity contribution in [3.8, 4) is 0 Å². The number of carbonyl (C=O) groups excluding carboxylic acids is 1. The molecule has 34 heavy (non-hydrogen) atoms. The number of rotatable bonds is 7. The van der Waals surface area contributed by atoms with Crippen LogP contribution in [0.1, 0.15) is 85.0 Å². The summed E-state index contributed by atoms with van der Waals surface area (Å²) in [4.78, 5) is 12.2. The van der Waals surface area contributed by atoms with Crippen LogP contribution in [0.2, 0.25) is 0 Å². The summed E-state index contributed by atoms with van der Waals surface area (Å²) in [6.45, 7) is 7.05. The van der Waals surface area contributed by atoms with Crippen LogP contribution >= 0.6 is 0 Å². The van der Waals surface area contributed by atoms with Crippen LogP contribution in [0.4, 0.5) is 0 Å². The molecule has 0 spiro atoms. The Bertz CT molecular complexity index is 863. The first kappa shape index (κ1) is 26.4. The summed E-state index contributed by atoms with van der Waals surface area (Å²) in [6, 6.07) is 0. The third-order valence-corrected chi connectivity index (χ3v) is 11.6. The van der Waals surface area contributed by atoms with Gasteiger partial charge in [0.25, 0.3) is 10.1 Å². The van der Waals surface area contributed by atoms with Gasteiger partial charge in [-0.05, 0) is 104 Å². The van der Waals surface area contributed by atoms with Gasteiger partial charge in [0.2, 0.25) is 5.91 Å². The zero-order valence-electron chi connectivity index (χ0n) is 21.1. The standard InChI is InChI=1S/C26H45NO6S/c1-16(4-7-23(30)27-12-13-34(31,32)33)19-5-6-20-24-21(9-11-26(19,20)3)25(2)10-8-18(28)14-17(25)15-22(24)29/h16-22,24,28-29H,4-15H2,1-3H3,(H,27,30)(H,31,32,33)/t16-,17-,18-,19-,20-,21-,22+,24-,25+,26-/m1/s1. The van der Waals surface area contributed by atoms with Crippen molar-refractivity contribution < 1.29 is 28.0 Å².